The number of aromatic amines is 1. The summed E-state index contributed by atoms with van der Waals surface area (Å²) >= 11 is 11.6. The van der Waals surface area contributed by atoms with Gasteiger partial charge >= 0.3 is 0 Å². The molecule has 58 heavy (non-hydrogen) atoms. The molecular weight excluding hydrogens is 791 g/mol. The van der Waals surface area contributed by atoms with E-state index in [2.05, 4.69) is 73.8 Å². The zero-order chi connectivity index (χ0) is 41.0. The van der Waals surface area contributed by atoms with Crippen molar-refractivity contribution in [3.05, 3.63) is 82.9 Å². The van der Waals surface area contributed by atoms with Crippen molar-refractivity contribution in [3.63, 3.8) is 0 Å². The molecule has 9 heterocycles. The fourth-order valence-corrected chi connectivity index (χ4v) is 7.22. The lowest BCUT2D eigenvalue weighted by atomic mass is 10.1. The first-order valence-corrected chi connectivity index (χ1v) is 20.4. The molecule has 0 amide bonds. The van der Waals surface area contributed by atoms with Gasteiger partial charge in [-0.15, -0.1) is 0 Å². The van der Waals surface area contributed by atoms with E-state index in [9.17, 15) is 13.9 Å². The van der Waals surface area contributed by atoms with Crippen LogP contribution in [0.25, 0.3) is 22.1 Å². The monoisotopic (exact) mass is 839 g/mol. The summed E-state index contributed by atoms with van der Waals surface area (Å²) < 4.78 is 28.9. The van der Waals surface area contributed by atoms with Gasteiger partial charge in [-0.1, -0.05) is 37.0 Å². The molecule has 19 heteroatoms. The number of hydrogen-bond acceptors (Lipinski definition) is 13. The number of hydrogen-bond donors (Lipinski definition) is 4. The normalized spacial score (nSPS) is 16.6. The lowest BCUT2D eigenvalue weighted by molar-refractivity contribution is 0.137. The van der Waals surface area contributed by atoms with Gasteiger partial charge in [0.05, 0.1) is 23.0 Å². The average molecular weight is 841 g/mol. The minimum Gasteiger partial charge on any atom is -0.393 e. The standard InChI is InChI=1S/C17H18ClFN6.C11H17N3O.C6H3ClFN3.C5H11NO/c1-2-11-7-20-17(21-8-11)24-5-3-12(4-6-24)25-9-13(19)14-15(18)22-10-23-16(14)25;1-2-9-7-12-11(13-8-9)14-5-3-10(15)4-6-14;7-5-4-3(8)1-9-6(4)11-2-10-5;7-5-1-3-6-4-2-5/h7-10,12H,2-6H2,1H3;7-8,10,15H,2-6H2,1H3;1-2H,(H,9,10,11);5-7H,1-4H2. The van der Waals surface area contributed by atoms with Gasteiger partial charge in [0.25, 0.3) is 0 Å². The Labute approximate surface area is 345 Å². The fraction of sp³-hybridized carbons (Fsp3) is 0.487. The number of halogens is 4. The highest BCUT2D eigenvalue weighted by molar-refractivity contribution is 6.34. The summed E-state index contributed by atoms with van der Waals surface area (Å²) in [7, 11) is 0. The zero-order valence-corrected chi connectivity index (χ0v) is 34.1. The van der Waals surface area contributed by atoms with Gasteiger partial charge in [-0.05, 0) is 75.6 Å². The summed E-state index contributed by atoms with van der Waals surface area (Å²) in [5, 5.41) is 22.2. The number of nitrogens with one attached hydrogen (secondary N) is 2. The van der Waals surface area contributed by atoms with Crippen LogP contribution in [0.4, 0.5) is 20.7 Å². The number of rotatable bonds is 5. The van der Waals surface area contributed by atoms with Crippen LogP contribution in [-0.2, 0) is 12.8 Å². The van der Waals surface area contributed by atoms with E-state index in [1.54, 1.807) is 0 Å². The highest BCUT2D eigenvalue weighted by atomic mass is 35.5. The third kappa shape index (κ3) is 11.1. The number of H-pyrrole nitrogens is 1. The molecular formula is C39H49Cl2F2N13O2. The predicted octanol–water partition coefficient (Wildman–Crippen LogP) is 5.90. The predicted molar refractivity (Wildman–Crippen MR) is 220 cm³/mol. The Bertz CT molecular complexity index is 2170. The van der Waals surface area contributed by atoms with E-state index in [-0.39, 0.29) is 39.8 Å². The summed E-state index contributed by atoms with van der Waals surface area (Å²) in [6.07, 6.45) is 19.8. The maximum atomic E-state index is 14.2. The van der Waals surface area contributed by atoms with Crippen LogP contribution in [-0.4, -0.2) is 111 Å². The minimum absolute atomic E-state index is 0.0266. The van der Waals surface area contributed by atoms with E-state index >= 15 is 0 Å². The van der Waals surface area contributed by atoms with E-state index in [0.717, 1.165) is 114 Å². The number of aromatic nitrogens is 10. The van der Waals surface area contributed by atoms with Gasteiger partial charge in [-0.25, -0.2) is 48.7 Å². The van der Waals surface area contributed by atoms with Crippen molar-refractivity contribution < 1.29 is 19.0 Å². The van der Waals surface area contributed by atoms with Gasteiger partial charge in [0.2, 0.25) is 11.9 Å². The lowest BCUT2D eigenvalue weighted by Gasteiger charge is -2.32. The van der Waals surface area contributed by atoms with Crippen LogP contribution in [0.2, 0.25) is 10.3 Å². The number of nitrogens with zero attached hydrogens (tertiary/aromatic N) is 11. The van der Waals surface area contributed by atoms with Gasteiger partial charge in [0.15, 0.2) is 11.6 Å². The summed E-state index contributed by atoms with van der Waals surface area (Å²) in [5.41, 5.74) is 3.27. The Hall–Kier alpha value is -4.68. The topological polar surface area (TPSA) is 183 Å². The Morgan fingerprint density at radius 3 is 1.66 bits per heavy atom. The average Bonchev–Trinajstić information content (AvgIpc) is 3.82. The zero-order valence-electron chi connectivity index (χ0n) is 32.6. The highest BCUT2D eigenvalue weighted by Crippen LogP contribution is 2.32. The molecule has 3 fully saturated rings. The number of anilines is 2. The van der Waals surface area contributed by atoms with Gasteiger partial charge < -0.3 is 34.9 Å². The number of aliphatic hydroxyl groups excluding tert-OH is 2. The Kier molecular flexibility index (Phi) is 15.4. The summed E-state index contributed by atoms with van der Waals surface area (Å²) in [6.45, 7) is 9.49. The third-order valence-electron chi connectivity index (χ3n) is 10.3. The quantitative estimate of drug-likeness (QED) is 0.151. The Morgan fingerprint density at radius 2 is 1.16 bits per heavy atom. The molecule has 0 atom stereocenters. The molecule has 0 spiro atoms. The summed E-state index contributed by atoms with van der Waals surface area (Å²) in [6, 6.07) is 0.170. The Morgan fingerprint density at radius 1 is 0.655 bits per heavy atom. The van der Waals surface area contributed by atoms with Crippen molar-refractivity contribution in [3.8, 4) is 0 Å². The van der Waals surface area contributed by atoms with Crippen molar-refractivity contribution in [1.82, 2.24) is 54.7 Å². The molecule has 3 saturated heterocycles. The molecule has 6 aromatic heterocycles. The molecule has 0 aliphatic carbocycles. The second kappa shape index (κ2) is 20.8. The van der Waals surface area contributed by atoms with E-state index in [0.29, 0.717) is 16.7 Å². The van der Waals surface area contributed by atoms with Crippen LogP contribution in [0.15, 0.2) is 49.8 Å². The molecule has 9 rings (SSSR count). The van der Waals surface area contributed by atoms with E-state index in [1.807, 2.05) is 29.4 Å². The van der Waals surface area contributed by atoms with Crippen molar-refractivity contribution in [2.45, 2.75) is 83.5 Å². The van der Waals surface area contributed by atoms with Crippen LogP contribution in [0, 0.1) is 11.6 Å². The third-order valence-corrected chi connectivity index (χ3v) is 10.9. The highest BCUT2D eigenvalue weighted by Gasteiger charge is 2.26. The van der Waals surface area contributed by atoms with Crippen LogP contribution >= 0.6 is 23.2 Å². The summed E-state index contributed by atoms with van der Waals surface area (Å²) in [5.74, 6) is 0.746. The van der Waals surface area contributed by atoms with Crippen LogP contribution in [0.5, 0.6) is 0 Å². The van der Waals surface area contributed by atoms with E-state index in [4.69, 9.17) is 28.3 Å². The first-order chi connectivity index (χ1) is 28.1. The molecule has 310 valence electrons. The number of piperidine rings is 3. The molecule has 3 aliphatic rings. The smallest absolute Gasteiger partial charge is 0.225 e. The SMILES string of the molecule is CCc1cnc(N2CCC(O)CC2)nc1.CCc1cnc(N2CCC(n3cc(F)c4c(Cl)ncnc43)CC2)nc1.Fc1c[nH]c2ncnc(Cl)c12.OC1CCNCC1. The van der Waals surface area contributed by atoms with Crippen molar-refractivity contribution in [2.24, 2.45) is 0 Å². The minimum atomic E-state index is -0.425. The maximum absolute atomic E-state index is 14.2. The molecule has 0 aromatic carbocycles. The molecule has 4 N–H and O–H groups in total. The van der Waals surface area contributed by atoms with Gasteiger partial charge in [-0.3, -0.25) is 0 Å². The van der Waals surface area contributed by atoms with Crippen molar-refractivity contribution in [2.75, 3.05) is 49.1 Å². The largest absolute Gasteiger partial charge is 0.393 e. The summed E-state index contributed by atoms with van der Waals surface area (Å²) in [4.78, 5) is 40.0. The van der Waals surface area contributed by atoms with Crippen molar-refractivity contribution >= 4 is 57.2 Å². The molecule has 3 aliphatic heterocycles. The first-order valence-electron chi connectivity index (χ1n) is 19.6. The van der Waals surface area contributed by atoms with E-state index < -0.39 is 5.82 Å². The fourth-order valence-electron chi connectivity index (χ4n) is 6.78. The second-order valence-corrected chi connectivity index (χ2v) is 14.9. The molecule has 0 bridgehead atoms. The maximum Gasteiger partial charge on any atom is 0.225 e. The van der Waals surface area contributed by atoms with Crippen molar-refractivity contribution in [1.29, 1.82) is 0 Å². The number of fused-ring (bicyclic) bond motifs is 2. The van der Waals surface area contributed by atoms with Crippen LogP contribution < -0.4 is 15.1 Å². The van der Waals surface area contributed by atoms with Gasteiger partial charge in [-0.2, -0.15) is 0 Å². The lowest BCUT2D eigenvalue weighted by Crippen LogP contribution is -2.36. The molecule has 0 saturated carbocycles. The molecule has 6 aromatic rings. The van der Waals surface area contributed by atoms with Gasteiger partial charge in [0, 0.05) is 69.4 Å². The Balaban J connectivity index is 0.000000145. The van der Waals surface area contributed by atoms with Crippen LogP contribution in [0.1, 0.15) is 69.5 Å². The van der Waals surface area contributed by atoms with E-state index in [1.165, 1.54) is 25.0 Å². The molecule has 15 nitrogen and oxygen atoms in total. The second-order valence-electron chi connectivity index (χ2n) is 14.2. The molecule has 0 unspecified atom stereocenters. The number of aliphatic hydroxyl groups is 2. The molecule has 0 radical (unpaired) electrons. The first kappa shape index (κ1) is 42.9. The van der Waals surface area contributed by atoms with Crippen LogP contribution in [0.3, 0.4) is 0 Å². The number of aryl methyl sites for hydroxylation is 2. The van der Waals surface area contributed by atoms with Gasteiger partial charge in [0.1, 0.15) is 34.3 Å².